The minimum Gasteiger partial charge on any atom is -0.341 e. The fourth-order valence-corrected chi connectivity index (χ4v) is 2.92. The van der Waals surface area contributed by atoms with Crippen molar-refractivity contribution in [2.45, 2.75) is 39.7 Å². The maximum Gasteiger partial charge on any atom is 0.345 e. The molecule has 0 fully saturated rings. The first-order valence-electron chi connectivity index (χ1n) is 7.30. The lowest BCUT2D eigenvalue weighted by Gasteiger charge is -2.14. The first-order valence-corrected chi connectivity index (χ1v) is 8.18. The Labute approximate surface area is 133 Å². The Kier molecular flexibility index (Phi) is 5.43. The van der Waals surface area contributed by atoms with Crippen LogP contribution in [0.4, 0.5) is 0 Å². The Hall–Kier alpha value is -2.02. The number of aromatic amines is 1. The standard InChI is InChI=1S/C15H20N4O2S/c1-4-11(14-16-5-6-22-14)18-13(20)12-8-10(7-9(2)3)17-15(21)19-12/h5-6,8-9,11H,4,7H2,1-3H3,(H,18,20)(H,17,19,21)/t11-/m1/s1. The number of rotatable bonds is 6. The van der Waals surface area contributed by atoms with Crippen LogP contribution >= 0.6 is 11.3 Å². The molecule has 2 N–H and O–H groups in total. The van der Waals surface area contributed by atoms with Crippen molar-refractivity contribution in [1.29, 1.82) is 0 Å². The fourth-order valence-electron chi connectivity index (χ4n) is 2.15. The van der Waals surface area contributed by atoms with Crippen LogP contribution in [0.15, 0.2) is 22.4 Å². The van der Waals surface area contributed by atoms with Crippen LogP contribution in [0.1, 0.15) is 54.4 Å². The summed E-state index contributed by atoms with van der Waals surface area (Å²) in [6, 6.07) is 1.48. The van der Waals surface area contributed by atoms with Gasteiger partial charge in [0.2, 0.25) is 0 Å². The summed E-state index contributed by atoms with van der Waals surface area (Å²) in [4.78, 5) is 34.6. The van der Waals surface area contributed by atoms with Gasteiger partial charge in [0.1, 0.15) is 10.7 Å². The molecule has 6 nitrogen and oxygen atoms in total. The van der Waals surface area contributed by atoms with Gasteiger partial charge in [-0.05, 0) is 24.8 Å². The molecule has 0 spiro atoms. The van der Waals surface area contributed by atoms with E-state index in [0.717, 1.165) is 17.1 Å². The predicted octanol–water partition coefficient (Wildman–Crippen LogP) is 2.31. The van der Waals surface area contributed by atoms with Crippen LogP contribution in [0, 0.1) is 5.92 Å². The molecular weight excluding hydrogens is 300 g/mol. The Morgan fingerprint density at radius 3 is 2.82 bits per heavy atom. The fraction of sp³-hybridized carbons (Fsp3) is 0.467. The Morgan fingerprint density at radius 2 is 2.23 bits per heavy atom. The SMILES string of the molecule is CC[C@@H](NC(=O)c1cc(CC(C)C)[nH]c(=O)n1)c1nccs1. The normalized spacial score (nSPS) is 12.4. The van der Waals surface area contributed by atoms with Gasteiger partial charge in [-0.15, -0.1) is 11.3 Å². The topological polar surface area (TPSA) is 87.7 Å². The maximum absolute atomic E-state index is 12.3. The highest BCUT2D eigenvalue weighted by Crippen LogP contribution is 2.19. The number of carbonyl (C=O) groups excluding carboxylic acids is 1. The lowest BCUT2D eigenvalue weighted by Crippen LogP contribution is -2.31. The molecule has 0 saturated carbocycles. The molecule has 2 aromatic heterocycles. The van der Waals surface area contributed by atoms with Gasteiger partial charge in [0, 0.05) is 17.3 Å². The molecule has 0 aliphatic carbocycles. The van der Waals surface area contributed by atoms with Crippen LogP contribution in [0.25, 0.3) is 0 Å². The van der Waals surface area contributed by atoms with Crippen molar-refractivity contribution in [3.63, 3.8) is 0 Å². The van der Waals surface area contributed by atoms with E-state index >= 15 is 0 Å². The van der Waals surface area contributed by atoms with Gasteiger partial charge in [0.25, 0.3) is 5.91 Å². The van der Waals surface area contributed by atoms with Gasteiger partial charge in [0.15, 0.2) is 0 Å². The molecule has 7 heteroatoms. The first kappa shape index (κ1) is 16.4. The van der Waals surface area contributed by atoms with Crippen LogP contribution in [-0.4, -0.2) is 20.9 Å². The molecule has 2 heterocycles. The van der Waals surface area contributed by atoms with Crippen LogP contribution < -0.4 is 11.0 Å². The minimum absolute atomic E-state index is 0.148. The largest absolute Gasteiger partial charge is 0.345 e. The number of amides is 1. The van der Waals surface area contributed by atoms with Crippen LogP contribution in [0.5, 0.6) is 0 Å². The third kappa shape index (κ3) is 4.24. The van der Waals surface area contributed by atoms with Crippen molar-refractivity contribution < 1.29 is 4.79 Å². The van der Waals surface area contributed by atoms with Gasteiger partial charge >= 0.3 is 5.69 Å². The number of hydrogen-bond acceptors (Lipinski definition) is 5. The summed E-state index contributed by atoms with van der Waals surface area (Å²) in [6.07, 6.45) is 3.13. The molecule has 0 radical (unpaired) electrons. The highest BCUT2D eigenvalue weighted by Gasteiger charge is 2.18. The quantitative estimate of drug-likeness (QED) is 0.855. The van der Waals surface area contributed by atoms with E-state index < -0.39 is 5.69 Å². The zero-order valence-corrected chi connectivity index (χ0v) is 13.7. The molecule has 0 unspecified atom stereocenters. The predicted molar refractivity (Wildman–Crippen MR) is 86.0 cm³/mol. The highest BCUT2D eigenvalue weighted by atomic mass is 32.1. The summed E-state index contributed by atoms with van der Waals surface area (Å²) >= 11 is 1.49. The average molecular weight is 320 g/mol. The molecule has 2 aromatic rings. The average Bonchev–Trinajstić information content (AvgIpc) is 2.97. The van der Waals surface area contributed by atoms with Gasteiger partial charge in [-0.1, -0.05) is 20.8 Å². The molecule has 1 amide bonds. The molecule has 0 aliphatic rings. The molecule has 0 aliphatic heterocycles. The molecule has 22 heavy (non-hydrogen) atoms. The van der Waals surface area contributed by atoms with Gasteiger partial charge < -0.3 is 10.3 Å². The van der Waals surface area contributed by atoms with Gasteiger partial charge in [-0.3, -0.25) is 4.79 Å². The molecule has 1 atom stereocenters. The van der Waals surface area contributed by atoms with E-state index in [-0.39, 0.29) is 17.6 Å². The summed E-state index contributed by atoms with van der Waals surface area (Å²) in [5.74, 6) is 0.0332. The van der Waals surface area contributed by atoms with Crippen LogP contribution in [0.3, 0.4) is 0 Å². The third-order valence-corrected chi connectivity index (χ3v) is 4.01. The maximum atomic E-state index is 12.3. The van der Waals surface area contributed by atoms with Crippen LogP contribution in [-0.2, 0) is 6.42 Å². The number of carbonyl (C=O) groups is 1. The number of nitrogens with zero attached hydrogens (tertiary/aromatic N) is 2. The number of thiazole rings is 1. The zero-order valence-electron chi connectivity index (χ0n) is 12.9. The van der Waals surface area contributed by atoms with Gasteiger partial charge in [0.05, 0.1) is 6.04 Å². The number of H-pyrrole nitrogens is 1. The van der Waals surface area contributed by atoms with Crippen molar-refractivity contribution in [3.05, 3.63) is 44.5 Å². The van der Waals surface area contributed by atoms with Crippen LogP contribution in [0.2, 0.25) is 0 Å². The van der Waals surface area contributed by atoms with Gasteiger partial charge in [-0.25, -0.2) is 9.78 Å². The van der Waals surface area contributed by atoms with E-state index in [2.05, 4.69) is 20.3 Å². The van der Waals surface area contributed by atoms with E-state index in [0.29, 0.717) is 12.3 Å². The minimum atomic E-state index is -0.495. The molecule has 118 valence electrons. The van der Waals surface area contributed by atoms with E-state index in [1.807, 2.05) is 26.2 Å². The second kappa shape index (κ2) is 7.31. The van der Waals surface area contributed by atoms with E-state index in [4.69, 9.17) is 0 Å². The Morgan fingerprint density at radius 1 is 1.45 bits per heavy atom. The lowest BCUT2D eigenvalue weighted by atomic mass is 10.1. The first-order chi connectivity index (χ1) is 10.5. The Balaban J connectivity index is 2.18. The van der Waals surface area contributed by atoms with E-state index in [1.165, 1.54) is 11.3 Å². The van der Waals surface area contributed by atoms with Gasteiger partial charge in [-0.2, -0.15) is 4.98 Å². The third-order valence-electron chi connectivity index (χ3n) is 3.12. The highest BCUT2D eigenvalue weighted by molar-refractivity contribution is 7.09. The summed E-state index contributed by atoms with van der Waals surface area (Å²) < 4.78 is 0. The number of nitrogens with one attached hydrogen (secondary N) is 2. The number of aromatic nitrogens is 3. The zero-order chi connectivity index (χ0) is 16.1. The van der Waals surface area contributed by atoms with Crippen molar-refractivity contribution >= 4 is 17.2 Å². The molecule has 0 bridgehead atoms. The second-order valence-electron chi connectivity index (χ2n) is 5.50. The summed E-state index contributed by atoms with van der Waals surface area (Å²) in [5, 5.41) is 5.61. The molecule has 0 saturated heterocycles. The molecule has 2 rings (SSSR count). The van der Waals surface area contributed by atoms with E-state index in [9.17, 15) is 9.59 Å². The molecular formula is C15H20N4O2S. The van der Waals surface area contributed by atoms with Crippen molar-refractivity contribution in [2.24, 2.45) is 5.92 Å². The van der Waals surface area contributed by atoms with E-state index in [1.54, 1.807) is 12.3 Å². The summed E-state index contributed by atoms with van der Waals surface area (Å²) in [6.45, 7) is 6.07. The summed E-state index contributed by atoms with van der Waals surface area (Å²) in [5.41, 5.74) is 0.377. The Bertz CT molecular complexity index is 679. The lowest BCUT2D eigenvalue weighted by molar-refractivity contribution is 0.0929. The second-order valence-corrected chi connectivity index (χ2v) is 6.43. The van der Waals surface area contributed by atoms with Crippen molar-refractivity contribution in [2.75, 3.05) is 0 Å². The molecule has 0 aromatic carbocycles. The van der Waals surface area contributed by atoms with Crippen molar-refractivity contribution in [1.82, 2.24) is 20.3 Å². The smallest absolute Gasteiger partial charge is 0.341 e. The van der Waals surface area contributed by atoms with Crippen molar-refractivity contribution in [3.8, 4) is 0 Å². The monoisotopic (exact) mass is 320 g/mol. The summed E-state index contributed by atoms with van der Waals surface area (Å²) in [7, 11) is 0. The number of hydrogen-bond donors (Lipinski definition) is 2.